The normalized spacial score (nSPS) is 19.8. The number of primary amides is 1. The highest BCUT2D eigenvalue weighted by Gasteiger charge is 2.28. The zero-order valence-corrected chi connectivity index (χ0v) is 11.5. The van der Waals surface area contributed by atoms with E-state index in [-0.39, 0.29) is 5.69 Å². The van der Waals surface area contributed by atoms with Crippen molar-refractivity contribution in [1.29, 1.82) is 0 Å². The Kier molecular flexibility index (Phi) is 4.53. The van der Waals surface area contributed by atoms with Crippen molar-refractivity contribution in [2.75, 3.05) is 19.6 Å². The molecule has 2 rings (SSSR count). The van der Waals surface area contributed by atoms with Crippen molar-refractivity contribution in [2.45, 2.75) is 12.6 Å². The Hall–Kier alpha value is -1.70. The fraction of sp³-hybridized carbons (Fsp3) is 0.417. The van der Waals surface area contributed by atoms with Crippen LogP contribution in [0.4, 0.5) is 5.69 Å². The number of amides is 1. The van der Waals surface area contributed by atoms with E-state index >= 15 is 0 Å². The minimum absolute atomic E-state index is 0.0424. The van der Waals surface area contributed by atoms with Crippen LogP contribution in [0.1, 0.15) is 5.56 Å². The van der Waals surface area contributed by atoms with Crippen molar-refractivity contribution in [2.24, 2.45) is 5.73 Å². The first-order valence-electron chi connectivity index (χ1n) is 6.16. The van der Waals surface area contributed by atoms with Crippen LogP contribution >= 0.6 is 11.6 Å². The molecule has 0 radical (unpaired) electrons. The van der Waals surface area contributed by atoms with Gasteiger partial charge in [0.25, 0.3) is 5.69 Å². The van der Waals surface area contributed by atoms with Crippen LogP contribution in [0.2, 0.25) is 5.02 Å². The Morgan fingerprint density at radius 1 is 1.60 bits per heavy atom. The van der Waals surface area contributed by atoms with Gasteiger partial charge in [-0.15, -0.1) is 0 Å². The molecule has 20 heavy (non-hydrogen) atoms. The highest BCUT2D eigenvalue weighted by Crippen LogP contribution is 2.25. The van der Waals surface area contributed by atoms with E-state index in [1.54, 1.807) is 12.1 Å². The van der Waals surface area contributed by atoms with Crippen LogP contribution in [-0.2, 0) is 11.3 Å². The number of nitro benzene ring substituents is 1. The molecule has 0 aromatic heterocycles. The molecule has 1 unspecified atom stereocenters. The van der Waals surface area contributed by atoms with Gasteiger partial charge in [-0.1, -0.05) is 11.6 Å². The molecule has 1 heterocycles. The van der Waals surface area contributed by atoms with E-state index in [9.17, 15) is 14.9 Å². The maximum Gasteiger partial charge on any atom is 0.275 e. The predicted octanol–water partition coefficient (Wildman–Crippen LogP) is 0.507. The molecule has 108 valence electrons. The molecule has 0 saturated carbocycles. The molecule has 3 N–H and O–H groups in total. The van der Waals surface area contributed by atoms with E-state index in [0.29, 0.717) is 36.8 Å². The van der Waals surface area contributed by atoms with E-state index in [1.807, 2.05) is 4.90 Å². The van der Waals surface area contributed by atoms with E-state index < -0.39 is 16.9 Å². The summed E-state index contributed by atoms with van der Waals surface area (Å²) in [7, 11) is 0. The third kappa shape index (κ3) is 3.24. The minimum Gasteiger partial charge on any atom is -0.368 e. The van der Waals surface area contributed by atoms with Gasteiger partial charge in [0, 0.05) is 42.8 Å². The molecule has 7 nitrogen and oxygen atoms in total. The number of carbonyl (C=O) groups excluding carboxylic acids is 1. The average molecular weight is 299 g/mol. The lowest BCUT2D eigenvalue weighted by molar-refractivity contribution is -0.385. The molecule has 0 spiro atoms. The van der Waals surface area contributed by atoms with Gasteiger partial charge in [-0.3, -0.25) is 19.8 Å². The lowest BCUT2D eigenvalue weighted by Crippen LogP contribution is -2.56. The zero-order valence-electron chi connectivity index (χ0n) is 10.7. The van der Waals surface area contributed by atoms with Crippen LogP contribution in [0, 0.1) is 10.1 Å². The summed E-state index contributed by atoms with van der Waals surface area (Å²) in [5.41, 5.74) is 5.84. The Balaban J connectivity index is 2.24. The van der Waals surface area contributed by atoms with Gasteiger partial charge < -0.3 is 11.1 Å². The Labute approximate surface area is 120 Å². The second-order valence-electron chi connectivity index (χ2n) is 4.62. The molecule has 0 bridgehead atoms. The molecule has 8 heteroatoms. The summed E-state index contributed by atoms with van der Waals surface area (Å²) in [6.45, 7) is 2.07. The number of hydrogen-bond acceptors (Lipinski definition) is 5. The first-order valence-corrected chi connectivity index (χ1v) is 6.53. The number of rotatable bonds is 4. The highest BCUT2D eigenvalue weighted by molar-refractivity contribution is 6.30. The topological polar surface area (TPSA) is 102 Å². The molecular formula is C12H15ClN4O3. The van der Waals surface area contributed by atoms with Crippen LogP contribution in [0.5, 0.6) is 0 Å². The lowest BCUT2D eigenvalue weighted by atomic mass is 10.1. The number of hydrogen-bond donors (Lipinski definition) is 2. The largest absolute Gasteiger partial charge is 0.368 e. The van der Waals surface area contributed by atoms with Gasteiger partial charge >= 0.3 is 0 Å². The fourth-order valence-corrected chi connectivity index (χ4v) is 2.44. The van der Waals surface area contributed by atoms with Crippen molar-refractivity contribution in [1.82, 2.24) is 10.2 Å². The second-order valence-corrected chi connectivity index (χ2v) is 5.06. The quantitative estimate of drug-likeness (QED) is 0.623. The third-order valence-corrected chi connectivity index (χ3v) is 3.54. The van der Waals surface area contributed by atoms with Crippen LogP contribution in [-0.4, -0.2) is 41.4 Å². The minimum atomic E-state index is -0.470. The van der Waals surface area contributed by atoms with Gasteiger partial charge in [0.2, 0.25) is 5.91 Å². The number of nitrogens with two attached hydrogens (primary N) is 1. The number of halogens is 1. The molecule has 1 fully saturated rings. The standard InChI is InChI=1S/C12H15ClN4O3/c13-9-2-1-8(10(5-9)17(19)20)7-16-4-3-15-6-11(16)12(14)18/h1-2,5,11,15H,3-4,6-7H2,(H2,14,18). The first kappa shape index (κ1) is 14.7. The summed E-state index contributed by atoms with van der Waals surface area (Å²) in [4.78, 5) is 23.8. The van der Waals surface area contributed by atoms with Gasteiger partial charge in [0.1, 0.15) is 6.04 Å². The second kappa shape index (κ2) is 6.17. The number of nitrogens with one attached hydrogen (secondary N) is 1. The summed E-state index contributed by atoms with van der Waals surface area (Å²) in [6, 6.07) is 4.07. The lowest BCUT2D eigenvalue weighted by Gasteiger charge is -2.33. The van der Waals surface area contributed by atoms with Crippen LogP contribution < -0.4 is 11.1 Å². The monoisotopic (exact) mass is 298 g/mol. The number of carbonyl (C=O) groups is 1. The smallest absolute Gasteiger partial charge is 0.275 e. The Morgan fingerprint density at radius 2 is 2.35 bits per heavy atom. The highest BCUT2D eigenvalue weighted by atomic mass is 35.5. The SMILES string of the molecule is NC(=O)C1CNCCN1Cc1ccc(Cl)cc1[N+](=O)[O-]. The van der Waals surface area contributed by atoms with E-state index in [1.165, 1.54) is 6.07 Å². The molecular weight excluding hydrogens is 284 g/mol. The van der Waals surface area contributed by atoms with Crippen molar-refractivity contribution in [3.8, 4) is 0 Å². The number of nitro groups is 1. The molecule has 1 saturated heterocycles. The summed E-state index contributed by atoms with van der Waals surface area (Å²) < 4.78 is 0. The molecule has 1 atom stereocenters. The maximum absolute atomic E-state index is 11.4. The van der Waals surface area contributed by atoms with Crippen LogP contribution in [0.15, 0.2) is 18.2 Å². The fourth-order valence-electron chi connectivity index (χ4n) is 2.28. The first-order chi connectivity index (χ1) is 9.49. The predicted molar refractivity (Wildman–Crippen MR) is 74.4 cm³/mol. The van der Waals surface area contributed by atoms with Crippen molar-refractivity contribution < 1.29 is 9.72 Å². The molecule has 1 aliphatic heterocycles. The summed E-state index contributed by atoms with van der Waals surface area (Å²) >= 11 is 5.78. The van der Waals surface area contributed by atoms with Gasteiger partial charge in [-0.05, 0) is 12.1 Å². The third-order valence-electron chi connectivity index (χ3n) is 3.30. The van der Waals surface area contributed by atoms with Gasteiger partial charge in [0.05, 0.1) is 4.92 Å². The Morgan fingerprint density at radius 3 is 3.00 bits per heavy atom. The average Bonchev–Trinajstić information content (AvgIpc) is 2.41. The molecule has 0 aliphatic carbocycles. The van der Waals surface area contributed by atoms with Crippen molar-refractivity contribution >= 4 is 23.2 Å². The van der Waals surface area contributed by atoms with Crippen molar-refractivity contribution in [3.05, 3.63) is 38.9 Å². The maximum atomic E-state index is 11.4. The zero-order chi connectivity index (χ0) is 14.7. The number of nitrogens with zero attached hydrogens (tertiary/aromatic N) is 2. The van der Waals surface area contributed by atoms with Crippen molar-refractivity contribution in [3.63, 3.8) is 0 Å². The van der Waals surface area contributed by atoms with Crippen LogP contribution in [0.3, 0.4) is 0 Å². The van der Waals surface area contributed by atoms with E-state index in [4.69, 9.17) is 17.3 Å². The number of benzene rings is 1. The van der Waals surface area contributed by atoms with Gasteiger partial charge in [0.15, 0.2) is 0 Å². The number of piperazine rings is 1. The van der Waals surface area contributed by atoms with Gasteiger partial charge in [-0.2, -0.15) is 0 Å². The van der Waals surface area contributed by atoms with Crippen LogP contribution in [0.25, 0.3) is 0 Å². The molecule has 1 aromatic rings. The molecule has 1 amide bonds. The molecule has 1 aromatic carbocycles. The summed E-state index contributed by atoms with van der Waals surface area (Å²) in [5.74, 6) is -0.436. The van der Waals surface area contributed by atoms with E-state index in [2.05, 4.69) is 5.32 Å². The van der Waals surface area contributed by atoms with E-state index in [0.717, 1.165) is 0 Å². The Bertz CT molecular complexity index is 537. The molecule has 1 aliphatic rings. The summed E-state index contributed by atoms with van der Waals surface area (Å²) in [5, 5.41) is 14.4. The summed E-state index contributed by atoms with van der Waals surface area (Å²) in [6.07, 6.45) is 0. The van der Waals surface area contributed by atoms with Gasteiger partial charge in [-0.25, -0.2) is 0 Å².